The van der Waals surface area contributed by atoms with Gasteiger partial charge in [-0.15, -0.1) is 0 Å². The number of amides is 1. The molecule has 0 radical (unpaired) electrons. The van der Waals surface area contributed by atoms with Crippen molar-refractivity contribution in [3.63, 3.8) is 0 Å². The van der Waals surface area contributed by atoms with Crippen LogP contribution in [0.25, 0.3) is 0 Å². The average molecular weight is 241 g/mol. The maximum absolute atomic E-state index is 11.8. The van der Waals surface area contributed by atoms with Gasteiger partial charge in [0.15, 0.2) is 0 Å². The zero-order valence-corrected chi connectivity index (χ0v) is 9.44. The van der Waals surface area contributed by atoms with Crippen LogP contribution in [0, 0.1) is 0 Å². The smallest absolute Gasteiger partial charge is 0.458 e. The number of hydrogen-bond acceptors (Lipinski definition) is 3. The zero-order chi connectivity index (χ0) is 13.1. The van der Waals surface area contributed by atoms with Gasteiger partial charge in [0, 0.05) is 0 Å². The third kappa shape index (κ3) is 5.57. The molecule has 7 heteroatoms. The standard InChI is InChI=1S/C9H14F3NO3/c1-5(6(14)16-8(2,3)4)13-7(15)9(10,11)12/h5H,1-4H3,(H,13,15)/t5-/m0/s1. The van der Waals surface area contributed by atoms with E-state index in [-0.39, 0.29) is 0 Å². The zero-order valence-electron chi connectivity index (χ0n) is 9.44. The van der Waals surface area contributed by atoms with Gasteiger partial charge >= 0.3 is 18.1 Å². The second-order valence-corrected chi connectivity index (χ2v) is 4.23. The van der Waals surface area contributed by atoms with Gasteiger partial charge in [-0.05, 0) is 27.7 Å². The van der Waals surface area contributed by atoms with Crippen LogP contribution in [0.3, 0.4) is 0 Å². The third-order valence-corrected chi connectivity index (χ3v) is 1.37. The van der Waals surface area contributed by atoms with Crippen molar-refractivity contribution < 1.29 is 27.5 Å². The molecule has 0 aromatic heterocycles. The summed E-state index contributed by atoms with van der Waals surface area (Å²) in [6, 6.07) is -1.34. The van der Waals surface area contributed by atoms with Crippen molar-refractivity contribution in [3.8, 4) is 0 Å². The fraction of sp³-hybridized carbons (Fsp3) is 0.778. The summed E-state index contributed by atoms with van der Waals surface area (Å²) < 4.78 is 40.3. The summed E-state index contributed by atoms with van der Waals surface area (Å²) in [6.45, 7) is 5.84. The van der Waals surface area contributed by atoms with Crippen molar-refractivity contribution in [3.05, 3.63) is 0 Å². The predicted octanol–water partition coefficient (Wildman–Crippen LogP) is 1.40. The predicted molar refractivity (Wildman–Crippen MR) is 49.5 cm³/mol. The normalized spacial score (nSPS) is 14.2. The van der Waals surface area contributed by atoms with Gasteiger partial charge in [0.2, 0.25) is 0 Å². The SMILES string of the molecule is C[C@H](NC(=O)C(F)(F)F)C(=O)OC(C)(C)C. The molecule has 0 spiro atoms. The van der Waals surface area contributed by atoms with Crippen molar-refractivity contribution in [2.24, 2.45) is 0 Å². The van der Waals surface area contributed by atoms with Crippen molar-refractivity contribution in [1.82, 2.24) is 5.32 Å². The van der Waals surface area contributed by atoms with E-state index in [2.05, 4.69) is 0 Å². The Balaban J connectivity index is 4.33. The summed E-state index contributed by atoms with van der Waals surface area (Å²) >= 11 is 0. The van der Waals surface area contributed by atoms with Crippen molar-refractivity contribution >= 4 is 11.9 Å². The molecule has 0 saturated carbocycles. The second-order valence-electron chi connectivity index (χ2n) is 4.23. The first-order valence-corrected chi connectivity index (χ1v) is 4.54. The van der Waals surface area contributed by atoms with Crippen molar-refractivity contribution in [2.45, 2.75) is 45.5 Å². The van der Waals surface area contributed by atoms with Gasteiger partial charge in [-0.3, -0.25) is 4.79 Å². The molecular formula is C9H14F3NO3. The Kier molecular flexibility index (Phi) is 4.34. The molecule has 0 rings (SSSR count). The fourth-order valence-corrected chi connectivity index (χ4v) is 0.728. The van der Waals surface area contributed by atoms with Gasteiger partial charge in [0.1, 0.15) is 11.6 Å². The van der Waals surface area contributed by atoms with E-state index in [0.29, 0.717) is 0 Å². The number of carbonyl (C=O) groups excluding carboxylic acids is 2. The first-order valence-electron chi connectivity index (χ1n) is 4.54. The lowest BCUT2D eigenvalue weighted by Crippen LogP contribution is -2.47. The molecule has 0 fully saturated rings. The van der Waals surface area contributed by atoms with Crippen LogP contribution in [0.4, 0.5) is 13.2 Å². The number of hydrogen-bond donors (Lipinski definition) is 1. The molecule has 1 N–H and O–H groups in total. The number of halogens is 3. The Morgan fingerprint density at radius 3 is 1.94 bits per heavy atom. The van der Waals surface area contributed by atoms with Gasteiger partial charge in [0.25, 0.3) is 0 Å². The number of ether oxygens (including phenoxy) is 1. The van der Waals surface area contributed by atoms with Crippen LogP contribution in [0.1, 0.15) is 27.7 Å². The number of alkyl halides is 3. The first kappa shape index (κ1) is 14.7. The molecule has 0 unspecified atom stereocenters. The highest BCUT2D eigenvalue weighted by atomic mass is 19.4. The van der Waals surface area contributed by atoms with E-state index in [1.165, 1.54) is 5.32 Å². The number of rotatable bonds is 2. The molecular weight excluding hydrogens is 227 g/mol. The Hall–Kier alpha value is -1.27. The summed E-state index contributed by atoms with van der Waals surface area (Å²) in [5, 5.41) is 1.50. The Labute approximate surface area is 91.1 Å². The molecule has 0 aromatic rings. The van der Waals surface area contributed by atoms with Crippen LogP contribution >= 0.6 is 0 Å². The van der Waals surface area contributed by atoms with Gasteiger partial charge in [0.05, 0.1) is 0 Å². The molecule has 4 nitrogen and oxygen atoms in total. The minimum Gasteiger partial charge on any atom is -0.458 e. The maximum Gasteiger partial charge on any atom is 0.471 e. The van der Waals surface area contributed by atoms with Gasteiger partial charge in [-0.1, -0.05) is 0 Å². The summed E-state index contributed by atoms with van der Waals surface area (Å²) in [5.74, 6) is -3.07. The van der Waals surface area contributed by atoms with Gasteiger partial charge < -0.3 is 10.1 Å². The molecule has 0 heterocycles. The molecule has 94 valence electrons. The molecule has 0 aliphatic heterocycles. The molecule has 0 aromatic carbocycles. The van der Waals surface area contributed by atoms with Crippen LogP contribution in [-0.4, -0.2) is 29.7 Å². The summed E-state index contributed by atoms with van der Waals surface area (Å²) in [6.07, 6.45) is -5.00. The highest BCUT2D eigenvalue weighted by molar-refractivity contribution is 5.87. The maximum atomic E-state index is 11.8. The number of nitrogens with one attached hydrogen (secondary N) is 1. The molecule has 0 bridgehead atoms. The number of esters is 1. The van der Waals surface area contributed by atoms with E-state index >= 15 is 0 Å². The molecule has 0 aliphatic carbocycles. The van der Waals surface area contributed by atoms with Crippen molar-refractivity contribution in [1.29, 1.82) is 0 Å². The van der Waals surface area contributed by atoms with Crippen LogP contribution in [0.15, 0.2) is 0 Å². The third-order valence-electron chi connectivity index (χ3n) is 1.37. The Morgan fingerprint density at radius 2 is 1.62 bits per heavy atom. The monoisotopic (exact) mass is 241 g/mol. The Bertz CT molecular complexity index is 281. The van der Waals surface area contributed by atoms with Gasteiger partial charge in [-0.25, -0.2) is 4.79 Å². The molecule has 0 saturated heterocycles. The minimum atomic E-state index is -5.00. The van der Waals surface area contributed by atoms with Crippen LogP contribution in [0.5, 0.6) is 0 Å². The lowest BCUT2D eigenvalue weighted by molar-refractivity contribution is -0.176. The quantitative estimate of drug-likeness (QED) is 0.743. The van der Waals surface area contributed by atoms with E-state index in [9.17, 15) is 22.8 Å². The number of carbonyl (C=O) groups is 2. The van der Waals surface area contributed by atoms with Gasteiger partial charge in [-0.2, -0.15) is 13.2 Å². The topological polar surface area (TPSA) is 55.4 Å². The van der Waals surface area contributed by atoms with E-state index in [1.54, 1.807) is 20.8 Å². The van der Waals surface area contributed by atoms with Crippen LogP contribution in [-0.2, 0) is 14.3 Å². The molecule has 1 amide bonds. The van der Waals surface area contributed by atoms with Crippen molar-refractivity contribution in [2.75, 3.05) is 0 Å². The highest BCUT2D eigenvalue weighted by Gasteiger charge is 2.40. The highest BCUT2D eigenvalue weighted by Crippen LogP contribution is 2.15. The fourth-order valence-electron chi connectivity index (χ4n) is 0.728. The first-order chi connectivity index (χ1) is 6.93. The minimum absolute atomic E-state index is 0.811. The van der Waals surface area contributed by atoms with Crippen LogP contribution < -0.4 is 5.32 Å². The molecule has 0 aliphatic rings. The summed E-state index contributed by atoms with van der Waals surface area (Å²) in [4.78, 5) is 21.7. The Morgan fingerprint density at radius 1 is 1.19 bits per heavy atom. The average Bonchev–Trinajstić information content (AvgIpc) is 1.98. The molecule has 16 heavy (non-hydrogen) atoms. The van der Waals surface area contributed by atoms with E-state index in [0.717, 1.165) is 6.92 Å². The lowest BCUT2D eigenvalue weighted by Gasteiger charge is -2.22. The second kappa shape index (κ2) is 4.71. The van der Waals surface area contributed by atoms with E-state index < -0.39 is 29.7 Å². The molecule has 1 atom stereocenters. The van der Waals surface area contributed by atoms with E-state index in [4.69, 9.17) is 4.74 Å². The summed E-state index contributed by atoms with van der Waals surface area (Å²) in [7, 11) is 0. The van der Waals surface area contributed by atoms with Crippen LogP contribution in [0.2, 0.25) is 0 Å². The van der Waals surface area contributed by atoms with E-state index in [1.807, 2.05) is 0 Å². The lowest BCUT2D eigenvalue weighted by atomic mass is 10.2. The largest absolute Gasteiger partial charge is 0.471 e. The summed E-state index contributed by atoms with van der Waals surface area (Å²) in [5.41, 5.74) is -0.811.